The molecule has 2 aromatic rings. The standard InChI is InChI=1S/C22H26FN3O3/c1-14-13-29-22-19(25-14)11-17(10-15-2-4-18(23)5-3-15)20(26-22)21(27)24-12-16-6-8-28-9-7-16/h2-5,11,14,16,25H,6-10,12-13H2,1H3,(H,24,27). The number of carbonyl (C=O) groups is 1. The monoisotopic (exact) mass is 399 g/mol. The Hall–Kier alpha value is -2.67. The van der Waals surface area contributed by atoms with Crippen LogP contribution in [-0.2, 0) is 11.2 Å². The summed E-state index contributed by atoms with van der Waals surface area (Å²) in [5, 5.41) is 6.38. The summed E-state index contributed by atoms with van der Waals surface area (Å²) in [6.07, 6.45) is 2.38. The summed E-state index contributed by atoms with van der Waals surface area (Å²) in [5.41, 5.74) is 2.83. The highest BCUT2D eigenvalue weighted by molar-refractivity contribution is 5.94. The van der Waals surface area contributed by atoms with E-state index in [1.165, 1.54) is 12.1 Å². The van der Waals surface area contributed by atoms with Gasteiger partial charge in [-0.3, -0.25) is 4.79 Å². The van der Waals surface area contributed by atoms with Crippen molar-refractivity contribution in [2.45, 2.75) is 32.2 Å². The molecule has 1 fully saturated rings. The molecular weight excluding hydrogens is 373 g/mol. The molecule has 1 aromatic carbocycles. The maximum Gasteiger partial charge on any atom is 0.270 e. The van der Waals surface area contributed by atoms with Gasteiger partial charge in [-0.25, -0.2) is 9.37 Å². The maximum atomic E-state index is 13.3. The number of carbonyl (C=O) groups excluding carboxylic acids is 1. The Morgan fingerprint density at radius 3 is 2.79 bits per heavy atom. The average molecular weight is 399 g/mol. The second kappa shape index (κ2) is 8.78. The predicted molar refractivity (Wildman–Crippen MR) is 108 cm³/mol. The van der Waals surface area contributed by atoms with Crippen LogP contribution in [0.25, 0.3) is 0 Å². The van der Waals surface area contributed by atoms with Gasteiger partial charge in [0.25, 0.3) is 5.91 Å². The van der Waals surface area contributed by atoms with Crippen molar-refractivity contribution in [3.8, 4) is 5.88 Å². The molecule has 29 heavy (non-hydrogen) atoms. The molecule has 2 aliphatic rings. The first kappa shape index (κ1) is 19.6. The van der Waals surface area contributed by atoms with Crippen molar-refractivity contribution in [3.63, 3.8) is 0 Å². The van der Waals surface area contributed by atoms with Crippen molar-refractivity contribution in [2.75, 3.05) is 31.7 Å². The molecule has 2 N–H and O–H groups in total. The fourth-order valence-electron chi connectivity index (χ4n) is 3.69. The number of halogens is 1. The Morgan fingerprint density at radius 1 is 1.28 bits per heavy atom. The molecule has 1 aromatic heterocycles. The van der Waals surface area contributed by atoms with Crippen molar-refractivity contribution in [3.05, 3.63) is 53.0 Å². The van der Waals surface area contributed by atoms with E-state index in [4.69, 9.17) is 9.47 Å². The van der Waals surface area contributed by atoms with Gasteiger partial charge in [-0.15, -0.1) is 0 Å². The van der Waals surface area contributed by atoms with E-state index in [-0.39, 0.29) is 17.8 Å². The lowest BCUT2D eigenvalue weighted by Gasteiger charge is -2.26. The van der Waals surface area contributed by atoms with Crippen molar-refractivity contribution >= 4 is 11.6 Å². The summed E-state index contributed by atoms with van der Waals surface area (Å²) >= 11 is 0. The van der Waals surface area contributed by atoms with E-state index < -0.39 is 0 Å². The Kier molecular flexibility index (Phi) is 5.94. The van der Waals surface area contributed by atoms with Crippen LogP contribution < -0.4 is 15.4 Å². The van der Waals surface area contributed by atoms with Crippen LogP contribution in [-0.4, -0.2) is 43.3 Å². The Balaban J connectivity index is 1.57. The van der Waals surface area contributed by atoms with Gasteiger partial charge in [-0.2, -0.15) is 0 Å². The van der Waals surface area contributed by atoms with E-state index in [2.05, 4.69) is 15.6 Å². The number of pyridine rings is 1. The molecule has 0 aliphatic carbocycles. The lowest BCUT2D eigenvalue weighted by atomic mass is 9.99. The topological polar surface area (TPSA) is 72.5 Å². The first-order valence-electron chi connectivity index (χ1n) is 10.1. The van der Waals surface area contributed by atoms with Crippen LogP contribution >= 0.6 is 0 Å². The zero-order valence-corrected chi connectivity index (χ0v) is 16.5. The van der Waals surface area contributed by atoms with Crippen LogP contribution in [0, 0.1) is 11.7 Å². The smallest absolute Gasteiger partial charge is 0.270 e. The number of aromatic nitrogens is 1. The summed E-state index contributed by atoms with van der Waals surface area (Å²) in [6, 6.07) is 8.39. The minimum absolute atomic E-state index is 0.163. The van der Waals surface area contributed by atoms with Crippen LogP contribution in [0.1, 0.15) is 41.4 Å². The second-order valence-electron chi connectivity index (χ2n) is 7.77. The van der Waals surface area contributed by atoms with Gasteiger partial charge in [-0.05, 0) is 61.4 Å². The number of hydrogen-bond acceptors (Lipinski definition) is 5. The zero-order valence-electron chi connectivity index (χ0n) is 16.5. The number of hydrogen-bond donors (Lipinski definition) is 2. The predicted octanol–water partition coefficient (Wildman–Crippen LogP) is 3.16. The molecule has 1 atom stereocenters. The molecule has 0 spiro atoms. The highest BCUT2D eigenvalue weighted by atomic mass is 19.1. The van der Waals surface area contributed by atoms with Crippen LogP contribution in [0.5, 0.6) is 5.88 Å². The van der Waals surface area contributed by atoms with E-state index >= 15 is 0 Å². The third-order valence-corrected chi connectivity index (χ3v) is 5.35. The summed E-state index contributed by atoms with van der Waals surface area (Å²) in [6.45, 7) is 4.61. The van der Waals surface area contributed by atoms with Gasteiger partial charge in [0.1, 0.15) is 18.1 Å². The van der Waals surface area contributed by atoms with Gasteiger partial charge < -0.3 is 20.1 Å². The SMILES string of the molecule is CC1COc2nc(C(=O)NCC3CCOCC3)c(Cc3ccc(F)cc3)cc2N1. The zero-order chi connectivity index (χ0) is 20.2. The summed E-state index contributed by atoms with van der Waals surface area (Å²) in [4.78, 5) is 17.5. The van der Waals surface area contributed by atoms with Gasteiger partial charge in [-0.1, -0.05) is 12.1 Å². The lowest BCUT2D eigenvalue weighted by Crippen LogP contribution is -2.34. The molecule has 0 radical (unpaired) electrons. The molecule has 0 bridgehead atoms. The van der Waals surface area contributed by atoms with Crippen molar-refractivity contribution in [1.29, 1.82) is 0 Å². The van der Waals surface area contributed by atoms with Gasteiger partial charge in [0.15, 0.2) is 0 Å². The lowest BCUT2D eigenvalue weighted by molar-refractivity contribution is 0.0641. The number of nitrogens with zero attached hydrogens (tertiary/aromatic N) is 1. The molecule has 1 amide bonds. The van der Waals surface area contributed by atoms with E-state index in [1.54, 1.807) is 12.1 Å². The van der Waals surface area contributed by atoms with Crippen molar-refractivity contribution in [1.82, 2.24) is 10.3 Å². The minimum Gasteiger partial charge on any atom is -0.474 e. The number of amides is 1. The van der Waals surface area contributed by atoms with Crippen LogP contribution in [0.3, 0.4) is 0 Å². The average Bonchev–Trinajstić information content (AvgIpc) is 2.74. The van der Waals surface area contributed by atoms with Gasteiger partial charge in [0, 0.05) is 19.8 Å². The third-order valence-electron chi connectivity index (χ3n) is 5.35. The number of nitrogens with one attached hydrogen (secondary N) is 2. The fourth-order valence-corrected chi connectivity index (χ4v) is 3.69. The Morgan fingerprint density at radius 2 is 2.03 bits per heavy atom. The maximum absolute atomic E-state index is 13.3. The van der Waals surface area contributed by atoms with Gasteiger partial charge in [0.2, 0.25) is 5.88 Å². The molecular formula is C22H26FN3O3. The number of fused-ring (bicyclic) bond motifs is 1. The molecule has 154 valence electrons. The summed E-state index contributed by atoms with van der Waals surface area (Å²) in [7, 11) is 0. The normalized spacial score (nSPS) is 19.0. The van der Waals surface area contributed by atoms with E-state index in [0.717, 1.165) is 42.9 Å². The van der Waals surface area contributed by atoms with Crippen molar-refractivity contribution in [2.24, 2.45) is 5.92 Å². The molecule has 3 heterocycles. The number of benzene rings is 1. The van der Waals surface area contributed by atoms with E-state index in [9.17, 15) is 9.18 Å². The Bertz CT molecular complexity index is 866. The molecule has 6 nitrogen and oxygen atoms in total. The summed E-state index contributed by atoms with van der Waals surface area (Å²) in [5.74, 6) is 0.376. The number of rotatable bonds is 5. The molecule has 0 saturated carbocycles. The molecule has 7 heteroatoms. The molecule has 1 saturated heterocycles. The number of anilines is 1. The van der Waals surface area contributed by atoms with Crippen molar-refractivity contribution < 1.29 is 18.7 Å². The molecule has 2 aliphatic heterocycles. The van der Waals surface area contributed by atoms with Crippen LogP contribution in [0.4, 0.5) is 10.1 Å². The van der Waals surface area contributed by atoms with Gasteiger partial charge in [0.05, 0.1) is 11.7 Å². The highest BCUT2D eigenvalue weighted by Gasteiger charge is 2.24. The second-order valence-corrected chi connectivity index (χ2v) is 7.77. The quantitative estimate of drug-likeness (QED) is 0.808. The Labute approximate surface area is 169 Å². The fraction of sp³-hybridized carbons (Fsp3) is 0.455. The van der Waals surface area contributed by atoms with Gasteiger partial charge >= 0.3 is 0 Å². The van der Waals surface area contributed by atoms with Crippen LogP contribution in [0.15, 0.2) is 30.3 Å². The first-order chi connectivity index (χ1) is 14.1. The largest absolute Gasteiger partial charge is 0.474 e. The van der Waals surface area contributed by atoms with Crippen LogP contribution in [0.2, 0.25) is 0 Å². The molecule has 1 unspecified atom stereocenters. The molecule has 4 rings (SSSR count). The van der Waals surface area contributed by atoms with E-state index in [0.29, 0.717) is 37.1 Å². The van der Waals surface area contributed by atoms with E-state index in [1.807, 2.05) is 13.0 Å². The first-order valence-corrected chi connectivity index (χ1v) is 10.1. The summed E-state index contributed by atoms with van der Waals surface area (Å²) < 4.78 is 24.4. The minimum atomic E-state index is -0.282. The highest BCUT2D eigenvalue weighted by Crippen LogP contribution is 2.30. The third kappa shape index (κ3) is 4.85. The number of ether oxygens (including phenoxy) is 2.